The van der Waals surface area contributed by atoms with Gasteiger partial charge in [-0.05, 0) is 54.4 Å². The molecule has 0 aromatic heterocycles. The van der Waals surface area contributed by atoms with Crippen LogP contribution in [0.5, 0.6) is 0 Å². The lowest BCUT2D eigenvalue weighted by atomic mass is 10.0. The quantitative estimate of drug-likeness (QED) is 0.482. The lowest BCUT2D eigenvalue weighted by Crippen LogP contribution is -2.72. The van der Waals surface area contributed by atoms with Crippen molar-refractivity contribution < 1.29 is 40.7 Å². The van der Waals surface area contributed by atoms with Crippen molar-refractivity contribution in [2.24, 2.45) is 5.73 Å². The number of nitrogens with two attached hydrogens (primary N) is 1. The molecule has 2 fully saturated rings. The van der Waals surface area contributed by atoms with E-state index in [9.17, 15) is 40.7 Å². The molecule has 0 unspecified atom stereocenters. The highest BCUT2D eigenvalue weighted by Gasteiger charge is 2.48. The smallest absolute Gasteiger partial charge is 0.334 e. The van der Waals surface area contributed by atoms with Crippen LogP contribution in [0.1, 0.15) is 35.1 Å². The summed E-state index contributed by atoms with van der Waals surface area (Å²) in [5.41, 5.74) is 3.01. The van der Waals surface area contributed by atoms with E-state index in [-0.39, 0.29) is 56.9 Å². The van der Waals surface area contributed by atoms with Gasteiger partial charge in [0.2, 0.25) is 11.8 Å². The molecule has 3 N–H and O–H groups in total. The van der Waals surface area contributed by atoms with Crippen LogP contribution >= 0.6 is 11.6 Å². The summed E-state index contributed by atoms with van der Waals surface area (Å²) < 4.78 is 79.5. The van der Waals surface area contributed by atoms with Crippen molar-refractivity contribution in [3.8, 4) is 0 Å². The third-order valence-corrected chi connectivity index (χ3v) is 7.14. The fourth-order valence-electron chi connectivity index (χ4n) is 5.05. The van der Waals surface area contributed by atoms with Crippen molar-refractivity contribution in [3.05, 3.63) is 69.7 Å². The van der Waals surface area contributed by atoms with Crippen LogP contribution < -0.4 is 11.1 Å². The number of hydrogen-bond acceptors (Lipinski definition) is 4. The number of hydrogen-bond donors (Lipinski definition) is 2. The predicted octanol–water partition coefficient (Wildman–Crippen LogP) is 4.21. The van der Waals surface area contributed by atoms with Gasteiger partial charge in [-0.15, -0.1) is 0 Å². The summed E-state index contributed by atoms with van der Waals surface area (Å²) in [4.78, 5) is 43.5. The zero-order valence-corrected chi connectivity index (χ0v) is 22.2. The first-order chi connectivity index (χ1) is 19.2. The molecular formula is C26H26ClF6N5O3. The maximum atomic E-state index is 13.4. The Bertz CT molecular complexity index is 1290. The van der Waals surface area contributed by atoms with E-state index in [0.717, 1.165) is 0 Å². The molecule has 2 aliphatic heterocycles. The molecule has 2 aromatic carbocycles. The Balaban J connectivity index is 1.57. The molecular weight excluding hydrogens is 580 g/mol. The third-order valence-electron chi connectivity index (χ3n) is 6.91. The number of piperazine rings is 1. The summed E-state index contributed by atoms with van der Waals surface area (Å²) in [6.07, 6.45) is -11.0. The van der Waals surface area contributed by atoms with E-state index in [2.05, 4.69) is 5.32 Å². The van der Waals surface area contributed by atoms with E-state index in [4.69, 9.17) is 17.3 Å². The molecule has 0 bridgehead atoms. The molecule has 2 aliphatic rings. The monoisotopic (exact) mass is 605 g/mol. The van der Waals surface area contributed by atoms with Crippen LogP contribution in [0.15, 0.2) is 42.5 Å². The van der Waals surface area contributed by atoms with E-state index < -0.39 is 53.8 Å². The van der Waals surface area contributed by atoms with Gasteiger partial charge >= 0.3 is 18.4 Å². The van der Waals surface area contributed by atoms with E-state index in [1.165, 1.54) is 14.7 Å². The second kappa shape index (κ2) is 11.8. The van der Waals surface area contributed by atoms with Gasteiger partial charge < -0.3 is 25.8 Å². The second-order valence-electron chi connectivity index (χ2n) is 9.74. The van der Waals surface area contributed by atoms with Crippen LogP contribution in [-0.2, 0) is 35.0 Å². The zero-order valence-electron chi connectivity index (χ0n) is 21.4. The van der Waals surface area contributed by atoms with Crippen LogP contribution in [0.4, 0.5) is 31.1 Å². The van der Waals surface area contributed by atoms with Crippen LogP contribution in [0.25, 0.3) is 0 Å². The van der Waals surface area contributed by atoms with E-state index in [0.29, 0.717) is 22.7 Å². The van der Waals surface area contributed by atoms with E-state index >= 15 is 0 Å². The Kier molecular flexibility index (Phi) is 8.73. The van der Waals surface area contributed by atoms with Crippen molar-refractivity contribution >= 4 is 29.4 Å². The Morgan fingerprint density at radius 1 is 1.00 bits per heavy atom. The maximum absolute atomic E-state index is 13.4. The third kappa shape index (κ3) is 6.87. The fourth-order valence-corrected chi connectivity index (χ4v) is 5.26. The number of benzene rings is 2. The van der Waals surface area contributed by atoms with Gasteiger partial charge in [-0.25, -0.2) is 4.79 Å². The van der Waals surface area contributed by atoms with Crippen LogP contribution in [0.2, 0.25) is 5.02 Å². The molecule has 4 rings (SSSR count). The molecule has 8 nitrogen and oxygen atoms in total. The number of fused-ring (bicyclic) bond motifs is 1. The first kappa shape index (κ1) is 30.4. The van der Waals surface area contributed by atoms with Crippen molar-refractivity contribution in [1.29, 1.82) is 0 Å². The number of urea groups is 1. The molecule has 2 saturated heterocycles. The normalized spacial score (nSPS) is 19.9. The Morgan fingerprint density at radius 3 is 2.24 bits per heavy atom. The fraction of sp³-hybridized carbons (Fsp3) is 0.423. The average molecular weight is 606 g/mol. The van der Waals surface area contributed by atoms with Gasteiger partial charge in [0.05, 0.1) is 17.7 Å². The minimum absolute atomic E-state index is 0.00454. The summed E-state index contributed by atoms with van der Waals surface area (Å²) in [5, 5.41) is 2.82. The second-order valence-corrected chi connectivity index (χ2v) is 10.2. The molecule has 0 radical (unpaired) electrons. The van der Waals surface area contributed by atoms with Crippen LogP contribution in [0.3, 0.4) is 0 Å². The molecule has 222 valence electrons. The summed E-state index contributed by atoms with van der Waals surface area (Å²) in [7, 11) is 0. The predicted molar refractivity (Wildman–Crippen MR) is 135 cm³/mol. The molecule has 0 saturated carbocycles. The molecule has 15 heteroatoms. The number of nitrogens with one attached hydrogen (secondary N) is 1. The average Bonchev–Trinajstić information content (AvgIpc) is 2.88. The summed E-state index contributed by atoms with van der Waals surface area (Å²) >= 11 is 6.07. The first-order valence-corrected chi connectivity index (χ1v) is 12.9. The van der Waals surface area contributed by atoms with Crippen molar-refractivity contribution in [1.82, 2.24) is 20.0 Å². The van der Waals surface area contributed by atoms with E-state index in [1.54, 1.807) is 24.3 Å². The minimum Gasteiger partial charge on any atom is -0.334 e. The van der Waals surface area contributed by atoms with Crippen molar-refractivity contribution in [2.45, 2.75) is 50.5 Å². The lowest BCUT2D eigenvalue weighted by Gasteiger charge is -2.52. The van der Waals surface area contributed by atoms with Crippen LogP contribution in [0, 0.1) is 0 Å². The summed E-state index contributed by atoms with van der Waals surface area (Å²) in [6.45, 7) is -0.593. The van der Waals surface area contributed by atoms with Crippen molar-refractivity contribution in [2.75, 3.05) is 19.6 Å². The highest BCUT2D eigenvalue weighted by atomic mass is 35.5. The van der Waals surface area contributed by atoms with Gasteiger partial charge in [-0.2, -0.15) is 26.3 Å². The standard InChI is InChI=1S/C26H26ClF6N5O3/c27-19-3-1-2-15(10-19)13-36-14-21-37(7-5-22(39)38(21)20(4-6-34)23(36)40)24(41)35-12-16-8-17(25(28,29)30)11-18(9-16)26(31,32)33/h1-3,8-11,20-21H,4-7,12-14,34H2,(H,35,41)/t20-,21+/m0/s1. The Hall–Kier alpha value is -3.52. The summed E-state index contributed by atoms with van der Waals surface area (Å²) in [5.74, 6) is -0.744. The Labute approximate surface area is 236 Å². The van der Waals surface area contributed by atoms with Gasteiger partial charge in [-0.3, -0.25) is 9.59 Å². The number of rotatable bonds is 6. The van der Waals surface area contributed by atoms with Gasteiger partial charge in [0.1, 0.15) is 12.2 Å². The number of carbonyl (C=O) groups excluding carboxylic acids is 3. The summed E-state index contributed by atoms with van der Waals surface area (Å²) in [6, 6.07) is 6.08. The van der Waals surface area contributed by atoms with Gasteiger partial charge in [-0.1, -0.05) is 23.7 Å². The molecule has 0 aliphatic carbocycles. The zero-order chi connectivity index (χ0) is 30.1. The Morgan fingerprint density at radius 2 is 1.66 bits per heavy atom. The van der Waals surface area contributed by atoms with Crippen molar-refractivity contribution in [3.63, 3.8) is 0 Å². The number of carbonyl (C=O) groups is 3. The minimum atomic E-state index is -5.03. The van der Waals surface area contributed by atoms with E-state index in [1.807, 2.05) is 0 Å². The number of halogens is 7. The first-order valence-electron chi connectivity index (χ1n) is 12.6. The lowest BCUT2D eigenvalue weighted by molar-refractivity contribution is -0.167. The topological polar surface area (TPSA) is 99.0 Å². The molecule has 2 atom stereocenters. The highest BCUT2D eigenvalue weighted by Crippen LogP contribution is 2.36. The SMILES string of the molecule is NCC[C@H]1C(=O)N(Cc2cccc(Cl)c2)C[C@@H]2N(C(=O)NCc3cc(C(F)(F)F)cc(C(F)(F)F)c3)CCC(=O)N21. The molecule has 41 heavy (non-hydrogen) atoms. The maximum Gasteiger partial charge on any atom is 0.416 e. The van der Waals surface area contributed by atoms with Gasteiger partial charge in [0, 0.05) is 31.1 Å². The number of amides is 4. The van der Waals surface area contributed by atoms with Gasteiger partial charge in [0.25, 0.3) is 0 Å². The highest BCUT2D eigenvalue weighted by molar-refractivity contribution is 6.30. The van der Waals surface area contributed by atoms with Gasteiger partial charge in [0.15, 0.2) is 0 Å². The van der Waals surface area contributed by atoms with Crippen LogP contribution in [-0.4, -0.2) is 64.4 Å². The number of alkyl halides is 6. The molecule has 2 aromatic rings. The largest absolute Gasteiger partial charge is 0.416 e. The number of nitrogens with zero attached hydrogens (tertiary/aromatic N) is 3. The molecule has 2 heterocycles. The molecule has 4 amide bonds. The molecule has 0 spiro atoms.